The van der Waals surface area contributed by atoms with E-state index in [4.69, 9.17) is 4.42 Å². The highest BCUT2D eigenvalue weighted by Crippen LogP contribution is 2.35. The van der Waals surface area contributed by atoms with Gasteiger partial charge in [-0.2, -0.15) is 13.2 Å². The zero-order valence-corrected chi connectivity index (χ0v) is 12.4. The van der Waals surface area contributed by atoms with Gasteiger partial charge in [-0.05, 0) is 24.3 Å². The highest BCUT2D eigenvalue weighted by molar-refractivity contribution is 5.65. The molecule has 0 saturated heterocycles. The number of halogens is 3. The fourth-order valence-electron chi connectivity index (χ4n) is 2.29. The first-order valence-corrected chi connectivity index (χ1v) is 7.02. The van der Waals surface area contributed by atoms with Gasteiger partial charge in [0.05, 0.1) is 11.6 Å². The van der Waals surface area contributed by atoms with E-state index in [2.05, 4.69) is 6.72 Å². The maximum Gasteiger partial charge on any atom is 0.416 e. The van der Waals surface area contributed by atoms with Gasteiger partial charge in [-0.25, -0.2) is 0 Å². The second kappa shape index (κ2) is 5.88. The molecule has 0 unspecified atom stereocenters. The summed E-state index contributed by atoms with van der Waals surface area (Å²) >= 11 is 0. The van der Waals surface area contributed by atoms with Gasteiger partial charge < -0.3 is 9.52 Å². The van der Waals surface area contributed by atoms with E-state index in [-0.39, 0.29) is 11.5 Å². The van der Waals surface area contributed by atoms with E-state index in [0.29, 0.717) is 17.1 Å². The van der Waals surface area contributed by atoms with Crippen LogP contribution in [-0.4, -0.2) is 11.8 Å². The molecule has 122 valence electrons. The fourth-order valence-corrected chi connectivity index (χ4v) is 2.29. The minimum atomic E-state index is -4.42. The second-order valence-corrected chi connectivity index (χ2v) is 5.13. The summed E-state index contributed by atoms with van der Waals surface area (Å²) in [5, 5.41) is 9.84. The maximum atomic E-state index is 12.8. The van der Waals surface area contributed by atoms with E-state index in [1.165, 1.54) is 22.8 Å². The van der Waals surface area contributed by atoms with E-state index in [9.17, 15) is 18.3 Å². The molecule has 0 spiro atoms. The molecular formula is C18H13F3NO2+. The zero-order valence-electron chi connectivity index (χ0n) is 12.4. The third-order valence-corrected chi connectivity index (χ3v) is 3.50. The van der Waals surface area contributed by atoms with Crippen LogP contribution in [0.4, 0.5) is 24.7 Å². The summed E-state index contributed by atoms with van der Waals surface area (Å²) in [6.45, 7) is 3.80. The number of hydrogen-bond donors (Lipinski definition) is 1. The predicted molar refractivity (Wildman–Crippen MR) is 85.8 cm³/mol. The molecule has 0 atom stereocenters. The Morgan fingerprint density at radius 2 is 1.71 bits per heavy atom. The Morgan fingerprint density at radius 3 is 2.42 bits per heavy atom. The van der Waals surface area contributed by atoms with Gasteiger partial charge in [-0.15, -0.1) is 4.58 Å². The minimum absolute atomic E-state index is 0.0181. The van der Waals surface area contributed by atoms with Crippen molar-refractivity contribution in [3.05, 3.63) is 66.2 Å². The number of furan rings is 1. The highest BCUT2D eigenvalue weighted by Gasteiger charge is 2.30. The molecule has 3 aromatic rings. The number of phenols is 1. The van der Waals surface area contributed by atoms with E-state index in [1.54, 1.807) is 30.3 Å². The predicted octanol–water partition coefficient (Wildman–Crippen LogP) is 5.21. The average Bonchev–Trinajstić information content (AvgIpc) is 3.04. The number of nitrogens with zero attached hydrogens (tertiary/aromatic N) is 1. The van der Waals surface area contributed by atoms with Gasteiger partial charge in [0, 0.05) is 11.6 Å². The fraction of sp³-hybridized carbons (Fsp3) is 0.0556. The molecule has 3 nitrogen and oxygen atoms in total. The summed E-state index contributed by atoms with van der Waals surface area (Å²) in [7, 11) is 0. The standard InChI is InChI=1S/C18H12F3NO2/c1-22(14-7-2-3-8-15(14)23)17-10-9-16(24-17)12-5-4-6-13(11-12)18(19,20)21/h2-11H,1H2/p+1. The first kappa shape index (κ1) is 15.9. The number of hydrogen-bond acceptors (Lipinski definition) is 2. The van der Waals surface area contributed by atoms with Gasteiger partial charge in [0.1, 0.15) is 12.5 Å². The first-order valence-electron chi connectivity index (χ1n) is 7.02. The molecule has 6 heteroatoms. The molecule has 0 amide bonds. The van der Waals surface area contributed by atoms with Crippen molar-refractivity contribution in [3.63, 3.8) is 0 Å². The Morgan fingerprint density at radius 1 is 0.958 bits per heavy atom. The number of rotatable bonds is 3. The Bertz CT molecular complexity index is 897. The Balaban J connectivity index is 1.94. The SMILES string of the molecule is C=[N+](c1ccc(-c2cccc(C(F)(F)F)c2)o1)c1ccccc1O. The lowest BCUT2D eigenvalue weighted by molar-refractivity contribution is -0.137. The monoisotopic (exact) mass is 332 g/mol. The molecule has 3 rings (SSSR count). The molecule has 0 fully saturated rings. The third kappa shape index (κ3) is 3.03. The van der Waals surface area contributed by atoms with Crippen LogP contribution < -0.4 is 4.58 Å². The van der Waals surface area contributed by atoms with Crippen LogP contribution in [0.25, 0.3) is 11.3 Å². The summed E-state index contributed by atoms with van der Waals surface area (Å²) in [6.07, 6.45) is -4.42. The van der Waals surface area contributed by atoms with E-state index < -0.39 is 11.7 Å². The molecule has 24 heavy (non-hydrogen) atoms. The summed E-state index contributed by atoms with van der Waals surface area (Å²) < 4.78 is 45.4. The minimum Gasteiger partial charge on any atom is -0.502 e. The molecule has 0 aliphatic heterocycles. The lowest BCUT2D eigenvalue weighted by atomic mass is 10.1. The largest absolute Gasteiger partial charge is 0.502 e. The number of phenolic OH excluding ortho intramolecular Hbond substituents is 1. The van der Waals surface area contributed by atoms with Crippen LogP contribution in [0.3, 0.4) is 0 Å². The molecular weight excluding hydrogens is 319 g/mol. The van der Waals surface area contributed by atoms with Crippen LogP contribution in [0.2, 0.25) is 0 Å². The van der Waals surface area contributed by atoms with Crippen molar-refractivity contribution in [2.24, 2.45) is 0 Å². The number of aromatic hydroxyl groups is 1. The van der Waals surface area contributed by atoms with Crippen molar-refractivity contribution in [1.82, 2.24) is 4.58 Å². The van der Waals surface area contributed by atoms with Crippen LogP contribution >= 0.6 is 0 Å². The van der Waals surface area contributed by atoms with Crippen LogP contribution in [0, 0.1) is 0 Å². The van der Waals surface area contributed by atoms with Crippen molar-refractivity contribution in [1.29, 1.82) is 0 Å². The van der Waals surface area contributed by atoms with Gasteiger partial charge in [0.2, 0.25) is 0 Å². The van der Waals surface area contributed by atoms with Crippen LogP contribution in [0.15, 0.2) is 65.1 Å². The zero-order chi connectivity index (χ0) is 17.3. The van der Waals surface area contributed by atoms with E-state index in [1.807, 2.05) is 0 Å². The summed E-state index contributed by atoms with van der Waals surface area (Å²) in [5.74, 6) is 0.591. The number of para-hydroxylation sites is 2. The average molecular weight is 332 g/mol. The van der Waals surface area contributed by atoms with Gasteiger partial charge >= 0.3 is 12.1 Å². The quantitative estimate of drug-likeness (QED) is 0.528. The molecule has 1 aromatic heterocycles. The molecule has 0 bridgehead atoms. The van der Waals surface area contributed by atoms with Crippen molar-refractivity contribution in [3.8, 4) is 17.1 Å². The number of benzene rings is 2. The normalized spacial score (nSPS) is 11.5. The van der Waals surface area contributed by atoms with Crippen LogP contribution in [0.1, 0.15) is 5.56 Å². The van der Waals surface area contributed by atoms with Gasteiger partial charge in [-0.1, -0.05) is 24.3 Å². The van der Waals surface area contributed by atoms with Crippen molar-refractivity contribution in [2.45, 2.75) is 6.18 Å². The van der Waals surface area contributed by atoms with E-state index in [0.717, 1.165) is 12.1 Å². The Labute approximate surface area is 135 Å². The first-order chi connectivity index (χ1) is 11.4. The molecule has 0 aliphatic rings. The van der Waals surface area contributed by atoms with Gasteiger partial charge in [0.25, 0.3) is 5.69 Å². The second-order valence-electron chi connectivity index (χ2n) is 5.13. The highest BCUT2D eigenvalue weighted by atomic mass is 19.4. The molecule has 0 radical (unpaired) electrons. The topological polar surface area (TPSA) is 36.4 Å². The molecule has 1 N–H and O–H groups in total. The smallest absolute Gasteiger partial charge is 0.416 e. The molecule has 0 aliphatic carbocycles. The maximum absolute atomic E-state index is 12.8. The van der Waals surface area contributed by atoms with E-state index >= 15 is 0 Å². The summed E-state index contributed by atoms with van der Waals surface area (Å²) in [6, 6.07) is 14.6. The third-order valence-electron chi connectivity index (χ3n) is 3.50. The van der Waals surface area contributed by atoms with Gasteiger partial charge in [0.15, 0.2) is 5.75 Å². The van der Waals surface area contributed by atoms with Gasteiger partial charge in [-0.3, -0.25) is 0 Å². The molecule has 0 saturated carbocycles. The van der Waals surface area contributed by atoms with Crippen LogP contribution in [0.5, 0.6) is 5.75 Å². The van der Waals surface area contributed by atoms with Crippen molar-refractivity contribution >= 4 is 18.3 Å². The number of alkyl halides is 3. The molecule has 1 heterocycles. The van der Waals surface area contributed by atoms with Crippen molar-refractivity contribution in [2.75, 3.05) is 0 Å². The summed E-state index contributed by atoms with van der Waals surface area (Å²) in [4.78, 5) is 0. The lowest BCUT2D eigenvalue weighted by Crippen LogP contribution is -2.04. The lowest BCUT2D eigenvalue weighted by Gasteiger charge is -2.07. The summed E-state index contributed by atoms with van der Waals surface area (Å²) in [5.41, 5.74) is -0.0191. The van der Waals surface area contributed by atoms with Crippen LogP contribution in [-0.2, 0) is 6.18 Å². The Kier molecular flexibility index (Phi) is 3.89. The Hall–Kier alpha value is -3.02. The van der Waals surface area contributed by atoms with Crippen molar-refractivity contribution < 1.29 is 22.7 Å². The molecule has 2 aromatic carbocycles.